The van der Waals surface area contributed by atoms with Gasteiger partial charge in [-0.3, -0.25) is 0 Å². The van der Waals surface area contributed by atoms with E-state index in [1.54, 1.807) is 2.89 Å². The number of fused-ring (bicyclic) bond motifs is 2. The van der Waals surface area contributed by atoms with E-state index in [4.69, 9.17) is 0 Å². The van der Waals surface area contributed by atoms with Gasteiger partial charge in [-0.05, 0) is 70.0 Å². The predicted molar refractivity (Wildman–Crippen MR) is 262 cm³/mol. The summed E-state index contributed by atoms with van der Waals surface area (Å²) in [5.74, 6) is 0. The van der Waals surface area contributed by atoms with E-state index in [1.165, 1.54) is 94.7 Å². The van der Waals surface area contributed by atoms with Gasteiger partial charge in [-0.15, -0.1) is 22.7 Å². The second-order valence-electron chi connectivity index (χ2n) is 14.7. The van der Waals surface area contributed by atoms with E-state index in [0.717, 1.165) is 12.8 Å². The molecule has 0 unspecified atom stereocenters. The van der Waals surface area contributed by atoms with Gasteiger partial charge in [0, 0.05) is 34.1 Å². The fourth-order valence-electron chi connectivity index (χ4n) is 6.86. The first-order chi connectivity index (χ1) is 26.7. The molecular formula is C46H40S8Sn. The Balaban J connectivity index is 1.26. The number of thiophene rings is 8. The predicted octanol–water partition coefficient (Wildman–Crippen LogP) is 17.6. The van der Waals surface area contributed by atoms with Crippen LogP contribution in [0, 0.1) is 6.92 Å². The molecule has 0 fully saturated rings. The van der Waals surface area contributed by atoms with Crippen molar-refractivity contribution in [3.63, 3.8) is 0 Å². The van der Waals surface area contributed by atoms with Gasteiger partial charge < -0.3 is 0 Å². The summed E-state index contributed by atoms with van der Waals surface area (Å²) in [6, 6.07) is 33.2. The van der Waals surface area contributed by atoms with Gasteiger partial charge in [0.25, 0.3) is 0 Å². The van der Waals surface area contributed by atoms with Crippen LogP contribution in [0.3, 0.4) is 0 Å². The van der Waals surface area contributed by atoms with Crippen molar-refractivity contribution in [3.8, 4) is 59.9 Å². The normalized spacial score (nSPS) is 12.5. The van der Waals surface area contributed by atoms with Crippen LogP contribution in [0.4, 0.5) is 0 Å². The second-order valence-corrected chi connectivity index (χ2v) is 39.1. The van der Waals surface area contributed by atoms with Gasteiger partial charge in [-0.25, -0.2) is 0 Å². The number of aryl methyl sites for hydroxylation is 1. The zero-order valence-corrected chi connectivity index (χ0v) is 41.0. The molecule has 0 atom stereocenters. The van der Waals surface area contributed by atoms with Gasteiger partial charge in [-0.1, -0.05) is 24.3 Å². The van der Waals surface area contributed by atoms with Crippen molar-refractivity contribution >= 4 is 132 Å². The number of benzene rings is 1. The monoisotopic (exact) mass is 968 g/mol. The summed E-state index contributed by atoms with van der Waals surface area (Å²) in [4.78, 5) is 25.4. The third kappa shape index (κ3) is 7.56. The molecule has 0 aliphatic heterocycles. The van der Waals surface area contributed by atoms with Crippen molar-refractivity contribution in [1.29, 1.82) is 0 Å². The standard InChI is InChI=1S/C43H31S8.3CH3.Sn/c1-4-6-9-26-13-16-36(46-26)40-28-23-38(34-20-18-31(48-34)30-11-8-22-44-30)50-42(28)41(37-17-14-27(47-37)10-7-5-2)29-24-39(51-43(29)40)35-21-19-33(49-35)32-15-12-25(3)45-32;;;;/h4-8,11-21,23-24H,9-10H2,1-3H3;3*1H3;. The van der Waals surface area contributed by atoms with E-state index in [9.17, 15) is 0 Å². The van der Waals surface area contributed by atoms with Gasteiger partial charge in [0.1, 0.15) is 0 Å². The molecule has 0 aliphatic carbocycles. The van der Waals surface area contributed by atoms with Crippen LogP contribution in [0.2, 0.25) is 14.8 Å². The van der Waals surface area contributed by atoms with E-state index < -0.39 is 18.4 Å². The van der Waals surface area contributed by atoms with Crippen LogP contribution in [0.25, 0.3) is 80.1 Å². The first-order valence-electron chi connectivity index (χ1n) is 18.5. The molecule has 0 saturated carbocycles. The SMILES string of the molecule is CC=CCc1ccc(-c2c3cc(-c4ccc(-c5cc[c]([Sn]([CH3])([CH3])[CH3])s5)s4)sc3c(-c3ccc(CC=CC)s3)c3cc(-c4ccc(-c5ccc(C)s5)s4)sc23)s1. The second kappa shape index (κ2) is 15.8. The minimum atomic E-state index is -2.12. The van der Waals surface area contributed by atoms with Gasteiger partial charge in [0.2, 0.25) is 0 Å². The average Bonchev–Trinajstić information content (AvgIpc) is 4.00. The fourth-order valence-corrected chi connectivity index (χ4v) is 21.1. The van der Waals surface area contributed by atoms with Crippen LogP contribution in [0.5, 0.6) is 0 Å². The Morgan fingerprint density at radius 2 is 0.855 bits per heavy atom. The summed E-state index contributed by atoms with van der Waals surface area (Å²) in [6.45, 7) is 6.43. The van der Waals surface area contributed by atoms with Crippen molar-refractivity contribution in [2.45, 2.75) is 48.4 Å². The molecule has 0 aliphatic rings. The number of hydrogen-bond donors (Lipinski definition) is 0. The third-order valence-corrected chi connectivity index (χ3v) is 28.7. The first kappa shape index (κ1) is 38.2. The Kier molecular flexibility index (Phi) is 10.9. The van der Waals surface area contributed by atoms with E-state index in [2.05, 4.69) is 145 Å². The van der Waals surface area contributed by atoms with Crippen LogP contribution >= 0.6 is 90.7 Å². The Labute approximate surface area is 360 Å². The molecule has 276 valence electrons. The fraction of sp³-hybridized carbons (Fsp3) is 0.174. The van der Waals surface area contributed by atoms with Crippen molar-refractivity contribution in [1.82, 2.24) is 0 Å². The molecule has 0 bridgehead atoms. The van der Waals surface area contributed by atoms with Crippen LogP contribution in [-0.4, -0.2) is 18.4 Å². The van der Waals surface area contributed by atoms with E-state index in [0.29, 0.717) is 0 Å². The summed E-state index contributed by atoms with van der Waals surface area (Å²) in [5, 5.41) is 2.77. The van der Waals surface area contributed by atoms with Gasteiger partial charge in [0.15, 0.2) is 0 Å². The number of rotatable bonds is 11. The summed E-state index contributed by atoms with van der Waals surface area (Å²) >= 11 is 13.6. The molecule has 8 aromatic heterocycles. The maximum atomic E-state index is 2.53. The third-order valence-electron chi connectivity index (χ3n) is 9.65. The summed E-state index contributed by atoms with van der Waals surface area (Å²) in [5.41, 5.74) is 2.80. The van der Waals surface area contributed by atoms with Crippen LogP contribution in [-0.2, 0) is 12.8 Å². The van der Waals surface area contributed by atoms with Crippen molar-refractivity contribution < 1.29 is 0 Å². The average molecular weight is 968 g/mol. The topological polar surface area (TPSA) is 0 Å². The van der Waals surface area contributed by atoms with Crippen LogP contribution in [0.15, 0.2) is 109 Å². The Morgan fingerprint density at radius 3 is 1.29 bits per heavy atom. The molecule has 1 aromatic carbocycles. The zero-order valence-electron chi connectivity index (χ0n) is 31.6. The van der Waals surface area contributed by atoms with Gasteiger partial charge in [-0.2, -0.15) is 0 Å². The zero-order chi connectivity index (χ0) is 37.8. The Morgan fingerprint density at radius 1 is 0.436 bits per heavy atom. The molecule has 9 rings (SSSR count). The van der Waals surface area contributed by atoms with Gasteiger partial charge in [0.05, 0.1) is 0 Å². The molecule has 8 heterocycles. The number of allylic oxidation sites excluding steroid dienone is 4. The molecule has 0 N–H and O–H groups in total. The molecule has 0 saturated heterocycles. The van der Waals surface area contributed by atoms with Crippen molar-refractivity contribution in [2.24, 2.45) is 0 Å². The molecule has 9 aromatic rings. The summed E-state index contributed by atoms with van der Waals surface area (Å²) < 4.78 is 4.45. The molecule has 0 spiro atoms. The molecule has 0 nitrogen and oxygen atoms in total. The van der Waals surface area contributed by atoms with E-state index >= 15 is 0 Å². The van der Waals surface area contributed by atoms with Crippen molar-refractivity contribution in [2.75, 3.05) is 0 Å². The van der Waals surface area contributed by atoms with Crippen molar-refractivity contribution in [3.05, 3.63) is 124 Å². The number of hydrogen-bond acceptors (Lipinski definition) is 8. The minimum absolute atomic E-state index is 0.974. The summed E-state index contributed by atoms with van der Waals surface area (Å²) in [7, 11) is 0. The maximum absolute atomic E-state index is 2.53. The summed E-state index contributed by atoms with van der Waals surface area (Å²) in [6.07, 6.45) is 10.8. The van der Waals surface area contributed by atoms with Crippen LogP contribution in [0.1, 0.15) is 28.5 Å². The van der Waals surface area contributed by atoms with E-state index in [-0.39, 0.29) is 0 Å². The molecule has 55 heavy (non-hydrogen) atoms. The molecule has 9 heteroatoms. The van der Waals surface area contributed by atoms with Gasteiger partial charge >= 0.3 is 213 Å². The quantitative estimate of drug-likeness (QED) is 0.0895. The van der Waals surface area contributed by atoms with Crippen LogP contribution < -0.4 is 2.89 Å². The molecule has 0 radical (unpaired) electrons. The first-order valence-corrected chi connectivity index (χ1v) is 35.0. The Bertz CT molecular complexity index is 2750. The Hall–Kier alpha value is -2.38. The van der Waals surface area contributed by atoms with E-state index in [1.807, 2.05) is 90.7 Å². The molecule has 0 amide bonds. The molecular weight excluding hydrogens is 928 g/mol.